The van der Waals surface area contributed by atoms with Crippen LogP contribution in [0.15, 0.2) is 84.4 Å². The first-order valence-electron chi connectivity index (χ1n) is 13.3. The van der Waals surface area contributed by atoms with Gasteiger partial charge in [-0.05, 0) is 53.9 Å². The van der Waals surface area contributed by atoms with Crippen LogP contribution in [-0.4, -0.2) is 48.6 Å². The van der Waals surface area contributed by atoms with E-state index in [1.807, 2.05) is 48.5 Å². The number of amides is 1. The van der Waals surface area contributed by atoms with E-state index in [-0.39, 0.29) is 24.5 Å². The van der Waals surface area contributed by atoms with Crippen molar-refractivity contribution < 1.29 is 28.9 Å². The fraction of sp³-hybridized carbons (Fsp3) is 0.312. The van der Waals surface area contributed by atoms with Crippen molar-refractivity contribution in [3.05, 3.63) is 101 Å². The molecule has 3 aromatic rings. The summed E-state index contributed by atoms with van der Waals surface area (Å²) in [6.07, 6.45) is 3.18. The van der Waals surface area contributed by atoms with Gasteiger partial charge in [0, 0.05) is 19.2 Å². The van der Waals surface area contributed by atoms with Crippen LogP contribution in [0.25, 0.3) is 5.76 Å². The van der Waals surface area contributed by atoms with Crippen molar-refractivity contribution in [2.45, 2.75) is 38.8 Å². The molecule has 39 heavy (non-hydrogen) atoms. The van der Waals surface area contributed by atoms with Gasteiger partial charge >= 0.3 is 0 Å². The molecule has 0 radical (unpaired) electrons. The first-order chi connectivity index (χ1) is 19.0. The zero-order valence-electron chi connectivity index (χ0n) is 22.5. The molecule has 1 aliphatic heterocycles. The van der Waals surface area contributed by atoms with Crippen molar-refractivity contribution in [1.29, 1.82) is 0 Å². The molecule has 0 saturated carbocycles. The third-order valence-electron chi connectivity index (χ3n) is 6.64. The molecular formula is C32H35NO6. The lowest BCUT2D eigenvalue weighted by atomic mass is 9.95. The topological polar surface area (TPSA) is 85.3 Å². The Labute approximate surface area is 229 Å². The Hall–Kier alpha value is -4.10. The van der Waals surface area contributed by atoms with Crippen molar-refractivity contribution in [3.63, 3.8) is 0 Å². The molecule has 1 amide bonds. The van der Waals surface area contributed by atoms with Gasteiger partial charge in [-0.15, -0.1) is 0 Å². The quantitative estimate of drug-likeness (QED) is 0.128. The Kier molecular flexibility index (Phi) is 9.75. The molecule has 1 fully saturated rings. The molecule has 1 heterocycles. The highest BCUT2D eigenvalue weighted by atomic mass is 16.5. The molecule has 204 valence electrons. The normalized spacial score (nSPS) is 16.5. The Morgan fingerprint density at radius 3 is 2.36 bits per heavy atom. The molecule has 3 aromatic carbocycles. The minimum Gasteiger partial charge on any atom is -0.507 e. The molecule has 4 rings (SSSR count). The number of hydrogen-bond donors (Lipinski definition) is 1. The number of likely N-dealkylation sites (tertiary alicyclic amines) is 1. The number of nitrogens with zero attached hydrogens (tertiary/aromatic N) is 1. The summed E-state index contributed by atoms with van der Waals surface area (Å²) < 4.78 is 17.0. The van der Waals surface area contributed by atoms with Crippen LogP contribution in [0.5, 0.6) is 11.5 Å². The lowest BCUT2D eigenvalue weighted by Crippen LogP contribution is -2.32. The number of ether oxygens (including phenoxy) is 3. The number of rotatable bonds is 13. The first-order valence-corrected chi connectivity index (χ1v) is 13.3. The predicted octanol–water partition coefficient (Wildman–Crippen LogP) is 5.90. The highest BCUT2D eigenvalue weighted by Crippen LogP contribution is 2.40. The zero-order valence-corrected chi connectivity index (χ0v) is 22.5. The third kappa shape index (κ3) is 6.86. The number of Topliss-reactive ketones (excluding diaryl/α,β-unsaturated/α-hetero) is 1. The summed E-state index contributed by atoms with van der Waals surface area (Å²) in [5.74, 6) is -0.359. The maximum Gasteiger partial charge on any atom is 0.295 e. The van der Waals surface area contributed by atoms with Gasteiger partial charge in [0.15, 0.2) is 0 Å². The SMILES string of the molecule is CCCCCOc1ccc(/C(O)=C2/C(=O)C(=O)N(CCOC)C2c2cccc(OCc3ccccc3)c2)cc1. The molecule has 0 aliphatic carbocycles. The number of ketones is 1. The smallest absolute Gasteiger partial charge is 0.295 e. The number of unbranched alkanes of at least 4 members (excludes halogenated alkanes) is 2. The van der Waals surface area contributed by atoms with Gasteiger partial charge in [-0.25, -0.2) is 0 Å². The maximum atomic E-state index is 13.2. The van der Waals surface area contributed by atoms with Gasteiger partial charge in [-0.2, -0.15) is 0 Å². The van der Waals surface area contributed by atoms with Crippen LogP contribution in [0, 0.1) is 0 Å². The zero-order chi connectivity index (χ0) is 27.6. The van der Waals surface area contributed by atoms with E-state index >= 15 is 0 Å². The molecule has 7 nitrogen and oxygen atoms in total. The van der Waals surface area contributed by atoms with E-state index in [0.717, 1.165) is 24.8 Å². The first kappa shape index (κ1) is 27.9. The maximum absolute atomic E-state index is 13.2. The average molecular weight is 530 g/mol. The Balaban J connectivity index is 1.64. The molecule has 1 aliphatic rings. The van der Waals surface area contributed by atoms with Gasteiger partial charge < -0.3 is 24.2 Å². The van der Waals surface area contributed by atoms with E-state index in [0.29, 0.717) is 35.8 Å². The van der Waals surface area contributed by atoms with E-state index in [2.05, 4.69) is 6.92 Å². The second-order valence-electron chi connectivity index (χ2n) is 9.41. The predicted molar refractivity (Wildman–Crippen MR) is 150 cm³/mol. The van der Waals surface area contributed by atoms with Crippen molar-refractivity contribution in [2.75, 3.05) is 26.9 Å². The molecule has 1 unspecified atom stereocenters. The summed E-state index contributed by atoms with van der Waals surface area (Å²) >= 11 is 0. The van der Waals surface area contributed by atoms with Gasteiger partial charge in [-0.1, -0.05) is 62.2 Å². The second-order valence-corrected chi connectivity index (χ2v) is 9.41. The average Bonchev–Trinajstić information content (AvgIpc) is 3.23. The summed E-state index contributed by atoms with van der Waals surface area (Å²) in [4.78, 5) is 27.8. The highest BCUT2D eigenvalue weighted by molar-refractivity contribution is 6.46. The van der Waals surface area contributed by atoms with Crippen LogP contribution in [0.4, 0.5) is 0 Å². The van der Waals surface area contributed by atoms with Crippen LogP contribution in [-0.2, 0) is 20.9 Å². The van der Waals surface area contributed by atoms with Crippen LogP contribution < -0.4 is 9.47 Å². The molecule has 0 bridgehead atoms. The molecular weight excluding hydrogens is 494 g/mol. The van der Waals surface area contributed by atoms with E-state index in [4.69, 9.17) is 14.2 Å². The number of methoxy groups -OCH3 is 1. The summed E-state index contributed by atoms with van der Waals surface area (Å²) in [7, 11) is 1.54. The van der Waals surface area contributed by atoms with Gasteiger partial charge in [-0.3, -0.25) is 9.59 Å². The molecule has 7 heteroatoms. The lowest BCUT2D eigenvalue weighted by molar-refractivity contribution is -0.140. The van der Waals surface area contributed by atoms with Crippen LogP contribution >= 0.6 is 0 Å². The van der Waals surface area contributed by atoms with Crippen molar-refractivity contribution in [2.24, 2.45) is 0 Å². The standard InChI is InChI=1S/C32H35NO6/c1-3-4-8-19-38-26-16-14-24(15-17-26)30(34)28-29(33(18-20-37-2)32(36)31(28)35)25-12-9-13-27(21-25)39-22-23-10-6-5-7-11-23/h5-7,9-17,21,29,34H,3-4,8,18-20,22H2,1-2H3/b30-28-. The Morgan fingerprint density at radius 1 is 0.872 bits per heavy atom. The van der Waals surface area contributed by atoms with Gasteiger partial charge in [0.25, 0.3) is 11.7 Å². The Morgan fingerprint density at radius 2 is 1.64 bits per heavy atom. The molecule has 1 saturated heterocycles. The van der Waals surface area contributed by atoms with E-state index in [1.54, 1.807) is 30.3 Å². The number of aliphatic hydroxyl groups excluding tert-OH is 1. The van der Waals surface area contributed by atoms with Gasteiger partial charge in [0.05, 0.1) is 24.8 Å². The minimum absolute atomic E-state index is 0.0351. The van der Waals surface area contributed by atoms with Crippen molar-refractivity contribution in [1.82, 2.24) is 4.90 Å². The number of aliphatic hydroxyl groups is 1. The lowest BCUT2D eigenvalue weighted by Gasteiger charge is -2.25. The summed E-state index contributed by atoms with van der Waals surface area (Å²) in [5.41, 5.74) is 2.15. The summed E-state index contributed by atoms with van der Waals surface area (Å²) in [6.45, 7) is 3.57. The number of carbonyl (C=O) groups is 2. The number of benzene rings is 3. The highest BCUT2D eigenvalue weighted by Gasteiger charge is 2.46. The Bertz CT molecular complexity index is 1290. The summed E-state index contributed by atoms with van der Waals surface area (Å²) in [5, 5.41) is 11.3. The molecule has 1 atom stereocenters. The monoisotopic (exact) mass is 529 g/mol. The largest absolute Gasteiger partial charge is 0.507 e. The van der Waals surface area contributed by atoms with Gasteiger partial charge in [0.1, 0.15) is 23.9 Å². The molecule has 1 N–H and O–H groups in total. The van der Waals surface area contributed by atoms with Crippen LogP contribution in [0.3, 0.4) is 0 Å². The van der Waals surface area contributed by atoms with E-state index < -0.39 is 17.7 Å². The summed E-state index contributed by atoms with van der Waals surface area (Å²) in [6, 6.07) is 23.2. The molecule has 0 aromatic heterocycles. The molecule has 0 spiro atoms. The van der Waals surface area contributed by atoms with Crippen LogP contribution in [0.1, 0.15) is 48.9 Å². The fourth-order valence-corrected chi connectivity index (χ4v) is 4.57. The number of hydrogen-bond acceptors (Lipinski definition) is 6. The minimum atomic E-state index is -0.787. The second kappa shape index (κ2) is 13.6. The van der Waals surface area contributed by atoms with Crippen molar-refractivity contribution >= 4 is 17.4 Å². The van der Waals surface area contributed by atoms with Crippen LogP contribution in [0.2, 0.25) is 0 Å². The van der Waals surface area contributed by atoms with Gasteiger partial charge in [0.2, 0.25) is 0 Å². The number of carbonyl (C=O) groups excluding carboxylic acids is 2. The fourth-order valence-electron chi connectivity index (χ4n) is 4.57. The van der Waals surface area contributed by atoms with E-state index in [1.165, 1.54) is 12.0 Å². The van der Waals surface area contributed by atoms with Crippen molar-refractivity contribution in [3.8, 4) is 11.5 Å². The third-order valence-corrected chi connectivity index (χ3v) is 6.64. The van der Waals surface area contributed by atoms with E-state index in [9.17, 15) is 14.7 Å².